The first-order valence-electron chi connectivity index (χ1n) is 6.33. The molecular formula is C16H13FN2O. The highest BCUT2D eigenvalue weighted by atomic mass is 19.1. The molecule has 0 saturated heterocycles. The van der Waals surface area contributed by atoms with E-state index in [4.69, 9.17) is 0 Å². The molecule has 20 heavy (non-hydrogen) atoms. The fourth-order valence-electron chi connectivity index (χ4n) is 2.30. The third kappa shape index (κ3) is 2.09. The molecule has 0 spiro atoms. The zero-order chi connectivity index (χ0) is 14.1. The molecule has 100 valence electrons. The highest BCUT2D eigenvalue weighted by molar-refractivity contribution is 5.76. The smallest absolute Gasteiger partial charge is 0.150 e. The quantitative estimate of drug-likeness (QED) is 0.684. The van der Waals surface area contributed by atoms with Crippen molar-refractivity contribution >= 4 is 17.3 Å². The Balaban J connectivity index is 2.01. The number of fused-ring (bicyclic) bond motifs is 1. The average Bonchev–Trinajstić information content (AvgIpc) is 2.78. The summed E-state index contributed by atoms with van der Waals surface area (Å²) in [6.45, 7) is 0. The highest BCUT2D eigenvalue weighted by Gasteiger charge is 2.11. The molecule has 1 heterocycles. The van der Waals surface area contributed by atoms with E-state index in [1.165, 1.54) is 6.07 Å². The molecule has 0 N–H and O–H groups in total. The third-order valence-corrected chi connectivity index (χ3v) is 3.44. The van der Waals surface area contributed by atoms with Crippen LogP contribution in [0.15, 0.2) is 42.5 Å². The van der Waals surface area contributed by atoms with Crippen LogP contribution in [0, 0.1) is 5.82 Å². The molecule has 3 aromatic rings. The summed E-state index contributed by atoms with van der Waals surface area (Å²) in [7, 11) is 1.92. The van der Waals surface area contributed by atoms with Crippen molar-refractivity contribution in [3.63, 3.8) is 0 Å². The second-order valence-corrected chi connectivity index (χ2v) is 4.72. The maximum atomic E-state index is 13.9. The summed E-state index contributed by atoms with van der Waals surface area (Å²) in [5, 5.41) is 0. The molecule has 0 fully saturated rings. The fraction of sp³-hybridized carbons (Fsp3) is 0.125. The van der Waals surface area contributed by atoms with Crippen molar-refractivity contribution in [1.82, 2.24) is 9.55 Å². The maximum absolute atomic E-state index is 13.9. The minimum atomic E-state index is -0.373. The Morgan fingerprint density at radius 1 is 1.25 bits per heavy atom. The summed E-state index contributed by atoms with van der Waals surface area (Å²) in [6.07, 6.45) is 1.04. The maximum Gasteiger partial charge on any atom is 0.150 e. The van der Waals surface area contributed by atoms with Gasteiger partial charge in [-0.3, -0.25) is 4.79 Å². The van der Waals surface area contributed by atoms with Crippen LogP contribution in [-0.2, 0) is 13.5 Å². The molecule has 4 heteroatoms. The molecule has 0 aliphatic carbocycles. The van der Waals surface area contributed by atoms with Crippen molar-refractivity contribution in [1.29, 1.82) is 0 Å². The molecule has 3 rings (SSSR count). The number of aldehydes is 1. The molecule has 0 unspecified atom stereocenters. The van der Waals surface area contributed by atoms with Gasteiger partial charge in [-0.1, -0.05) is 24.3 Å². The van der Waals surface area contributed by atoms with E-state index in [-0.39, 0.29) is 5.82 Å². The van der Waals surface area contributed by atoms with Crippen LogP contribution in [0.2, 0.25) is 0 Å². The Hall–Kier alpha value is -2.49. The Morgan fingerprint density at radius 3 is 2.75 bits per heavy atom. The van der Waals surface area contributed by atoms with Gasteiger partial charge >= 0.3 is 0 Å². The molecule has 0 aliphatic rings. The molecule has 0 amide bonds. The predicted molar refractivity (Wildman–Crippen MR) is 75.3 cm³/mol. The van der Waals surface area contributed by atoms with Gasteiger partial charge < -0.3 is 4.57 Å². The van der Waals surface area contributed by atoms with Gasteiger partial charge in [0.05, 0.1) is 11.0 Å². The number of aryl methyl sites for hydroxylation is 1. The van der Waals surface area contributed by atoms with E-state index in [1.54, 1.807) is 12.1 Å². The normalized spacial score (nSPS) is 10.9. The van der Waals surface area contributed by atoms with Crippen LogP contribution in [0.25, 0.3) is 11.0 Å². The van der Waals surface area contributed by atoms with Gasteiger partial charge in [0, 0.05) is 19.0 Å². The van der Waals surface area contributed by atoms with Crippen LogP contribution in [0.3, 0.4) is 0 Å². The van der Waals surface area contributed by atoms with E-state index < -0.39 is 0 Å². The van der Waals surface area contributed by atoms with Crippen LogP contribution >= 0.6 is 0 Å². The monoisotopic (exact) mass is 268 g/mol. The van der Waals surface area contributed by atoms with Gasteiger partial charge in [-0.05, 0) is 23.8 Å². The predicted octanol–water partition coefficient (Wildman–Crippen LogP) is 3.12. The SMILES string of the molecule is Cn1c(Cc2ccc(C=O)cc2F)nc2ccccc21. The molecule has 0 radical (unpaired) electrons. The fourth-order valence-corrected chi connectivity index (χ4v) is 2.30. The summed E-state index contributed by atoms with van der Waals surface area (Å²) >= 11 is 0. The number of halogens is 1. The number of aromatic nitrogens is 2. The lowest BCUT2D eigenvalue weighted by atomic mass is 10.1. The van der Waals surface area contributed by atoms with Gasteiger partial charge in [-0.25, -0.2) is 9.37 Å². The number of benzene rings is 2. The lowest BCUT2D eigenvalue weighted by Gasteiger charge is -2.04. The second kappa shape index (κ2) is 4.89. The molecule has 0 aliphatic heterocycles. The van der Waals surface area contributed by atoms with Gasteiger partial charge in [0.1, 0.15) is 17.9 Å². The Morgan fingerprint density at radius 2 is 2.05 bits per heavy atom. The number of imidazole rings is 1. The van der Waals surface area contributed by atoms with Crippen molar-refractivity contribution in [2.24, 2.45) is 7.05 Å². The van der Waals surface area contributed by atoms with Crippen molar-refractivity contribution < 1.29 is 9.18 Å². The highest BCUT2D eigenvalue weighted by Crippen LogP contribution is 2.18. The van der Waals surface area contributed by atoms with Crippen LogP contribution in [0.5, 0.6) is 0 Å². The molecule has 2 aromatic carbocycles. The molecular weight excluding hydrogens is 255 g/mol. The lowest BCUT2D eigenvalue weighted by Crippen LogP contribution is -2.01. The van der Waals surface area contributed by atoms with E-state index in [9.17, 15) is 9.18 Å². The van der Waals surface area contributed by atoms with Crippen LogP contribution in [0.1, 0.15) is 21.7 Å². The first-order chi connectivity index (χ1) is 9.69. The lowest BCUT2D eigenvalue weighted by molar-refractivity contribution is 0.112. The average molecular weight is 268 g/mol. The largest absolute Gasteiger partial charge is 0.331 e. The van der Waals surface area contributed by atoms with E-state index in [0.29, 0.717) is 23.8 Å². The Bertz CT molecular complexity index is 792. The van der Waals surface area contributed by atoms with Crippen molar-refractivity contribution in [3.8, 4) is 0 Å². The summed E-state index contributed by atoms with van der Waals surface area (Å²) < 4.78 is 15.9. The summed E-state index contributed by atoms with van der Waals surface area (Å²) in [6, 6.07) is 12.3. The zero-order valence-electron chi connectivity index (χ0n) is 11.0. The van der Waals surface area contributed by atoms with Crippen LogP contribution in [0.4, 0.5) is 4.39 Å². The number of hydrogen-bond donors (Lipinski definition) is 0. The third-order valence-electron chi connectivity index (χ3n) is 3.44. The summed E-state index contributed by atoms with van der Waals surface area (Å²) in [4.78, 5) is 15.1. The zero-order valence-corrected chi connectivity index (χ0v) is 11.0. The van der Waals surface area contributed by atoms with Crippen molar-refractivity contribution in [3.05, 3.63) is 65.2 Å². The second-order valence-electron chi connectivity index (χ2n) is 4.72. The number of nitrogens with zero attached hydrogens (tertiary/aromatic N) is 2. The van der Waals surface area contributed by atoms with Crippen molar-refractivity contribution in [2.75, 3.05) is 0 Å². The number of carbonyl (C=O) groups is 1. The molecule has 1 aromatic heterocycles. The summed E-state index contributed by atoms with van der Waals surface area (Å²) in [5.74, 6) is 0.422. The first-order valence-corrected chi connectivity index (χ1v) is 6.33. The van der Waals surface area contributed by atoms with Crippen LogP contribution in [-0.4, -0.2) is 15.8 Å². The van der Waals surface area contributed by atoms with Crippen LogP contribution < -0.4 is 0 Å². The molecule has 0 atom stereocenters. The molecule has 0 saturated carbocycles. The van der Waals surface area contributed by atoms with E-state index in [2.05, 4.69) is 4.98 Å². The minimum absolute atomic E-state index is 0.344. The van der Waals surface area contributed by atoms with E-state index in [0.717, 1.165) is 16.9 Å². The van der Waals surface area contributed by atoms with E-state index >= 15 is 0 Å². The van der Waals surface area contributed by atoms with Gasteiger partial charge in [0.2, 0.25) is 0 Å². The number of carbonyl (C=O) groups excluding carboxylic acids is 1. The van der Waals surface area contributed by atoms with Crippen molar-refractivity contribution in [2.45, 2.75) is 6.42 Å². The van der Waals surface area contributed by atoms with E-state index in [1.807, 2.05) is 35.9 Å². The number of rotatable bonds is 3. The topological polar surface area (TPSA) is 34.9 Å². The Kier molecular flexibility index (Phi) is 3.06. The van der Waals surface area contributed by atoms with Gasteiger partial charge in [0.15, 0.2) is 0 Å². The standard InChI is InChI=1S/C16H13FN2O/c1-19-15-5-3-2-4-14(15)18-16(19)9-12-7-6-11(10-20)8-13(12)17/h2-8,10H,9H2,1H3. The number of para-hydroxylation sites is 2. The number of hydrogen-bond acceptors (Lipinski definition) is 2. The Labute approximate surface area is 115 Å². The van der Waals surface area contributed by atoms with Gasteiger partial charge in [-0.15, -0.1) is 0 Å². The molecule has 0 bridgehead atoms. The van der Waals surface area contributed by atoms with Gasteiger partial charge in [-0.2, -0.15) is 0 Å². The molecule has 3 nitrogen and oxygen atoms in total. The van der Waals surface area contributed by atoms with Gasteiger partial charge in [0.25, 0.3) is 0 Å². The summed E-state index contributed by atoms with van der Waals surface area (Å²) in [5.41, 5.74) is 2.80. The minimum Gasteiger partial charge on any atom is -0.331 e. The first kappa shape index (κ1) is 12.5.